The maximum absolute atomic E-state index is 2.78. The smallest absolute Gasteiger partial charge is 0.0258 e. The normalized spacial score (nSPS) is 53.5. The third-order valence-electron chi connectivity index (χ3n) is 17.7. The molecule has 8 fully saturated rings. The fourth-order valence-corrected chi connectivity index (χ4v) is 16.2. The van der Waals surface area contributed by atoms with Crippen LogP contribution in [-0.2, 0) is 0 Å². The molecule has 0 heterocycles. The van der Waals surface area contributed by atoms with Gasteiger partial charge in [-0.15, -0.1) is 0 Å². The summed E-state index contributed by atoms with van der Waals surface area (Å²) < 4.78 is 0. The van der Waals surface area contributed by atoms with Crippen molar-refractivity contribution in [3.8, 4) is 0 Å². The standard InChI is InChI=1S/C42H70.C2H6/c1-5-8-34(30-12-14-31(15-13-30)36-20-18-29-9-6-7-10-35(29)36)33-17-16-32(27(2)21-33)22-28-11-19-37-38-24-41(3)25-40(38)42(4,26-41)39(37)23-28;1-2/h27-40H,5-26H2,1-4H3;1-2H3. The Morgan fingerprint density at radius 1 is 0.636 bits per heavy atom. The van der Waals surface area contributed by atoms with Gasteiger partial charge < -0.3 is 0 Å². The lowest BCUT2D eigenvalue weighted by molar-refractivity contribution is 0.0460. The molecule has 2 bridgehead atoms. The van der Waals surface area contributed by atoms with E-state index in [0.717, 1.165) is 93.7 Å². The second-order valence-electron chi connectivity index (χ2n) is 19.7. The van der Waals surface area contributed by atoms with Crippen LogP contribution in [0.15, 0.2) is 0 Å². The van der Waals surface area contributed by atoms with Gasteiger partial charge in [0, 0.05) is 0 Å². The van der Waals surface area contributed by atoms with Crippen LogP contribution >= 0.6 is 0 Å². The largest absolute Gasteiger partial charge is 0.0683 e. The molecule has 0 N–H and O–H groups in total. The van der Waals surface area contributed by atoms with Crippen LogP contribution in [0, 0.1) is 93.7 Å². The van der Waals surface area contributed by atoms with Crippen molar-refractivity contribution in [2.45, 2.75) is 183 Å². The van der Waals surface area contributed by atoms with Gasteiger partial charge in [0.2, 0.25) is 0 Å². The van der Waals surface area contributed by atoms with Crippen molar-refractivity contribution >= 4 is 0 Å². The lowest BCUT2D eigenvalue weighted by Crippen LogP contribution is -2.36. The first-order chi connectivity index (χ1) is 21.3. The molecular formula is C44H76. The molecule has 8 aliphatic rings. The molecular weight excluding hydrogens is 528 g/mol. The summed E-state index contributed by atoms with van der Waals surface area (Å²) >= 11 is 0. The van der Waals surface area contributed by atoms with Crippen molar-refractivity contribution in [1.82, 2.24) is 0 Å². The van der Waals surface area contributed by atoms with Gasteiger partial charge in [-0.05, 0) is 196 Å². The number of rotatable bonds is 7. The zero-order valence-electron chi connectivity index (χ0n) is 30.6. The molecule has 14 atom stereocenters. The van der Waals surface area contributed by atoms with Gasteiger partial charge in [0.15, 0.2) is 0 Å². The van der Waals surface area contributed by atoms with Crippen LogP contribution in [-0.4, -0.2) is 0 Å². The topological polar surface area (TPSA) is 0 Å². The van der Waals surface area contributed by atoms with E-state index < -0.39 is 0 Å². The second kappa shape index (κ2) is 13.1. The van der Waals surface area contributed by atoms with E-state index in [9.17, 15) is 0 Å². The third kappa shape index (κ3) is 5.73. The summed E-state index contributed by atoms with van der Waals surface area (Å²) in [6.45, 7) is 14.6. The number of hydrogen-bond acceptors (Lipinski definition) is 0. The van der Waals surface area contributed by atoms with Crippen molar-refractivity contribution in [2.24, 2.45) is 93.7 Å². The van der Waals surface area contributed by atoms with E-state index in [2.05, 4.69) is 27.7 Å². The minimum absolute atomic E-state index is 0.729. The van der Waals surface area contributed by atoms with Crippen molar-refractivity contribution in [2.75, 3.05) is 0 Å². The first kappa shape index (κ1) is 32.5. The highest BCUT2D eigenvalue weighted by Crippen LogP contribution is 2.77. The third-order valence-corrected chi connectivity index (χ3v) is 17.7. The molecule has 0 aromatic carbocycles. The van der Waals surface area contributed by atoms with Crippen LogP contribution in [0.3, 0.4) is 0 Å². The summed E-state index contributed by atoms with van der Waals surface area (Å²) in [6, 6.07) is 0. The molecule has 14 unspecified atom stereocenters. The van der Waals surface area contributed by atoms with E-state index in [1.165, 1.54) is 12.8 Å². The van der Waals surface area contributed by atoms with Crippen LogP contribution in [0.25, 0.3) is 0 Å². The first-order valence-electron chi connectivity index (χ1n) is 21.3. The van der Waals surface area contributed by atoms with Gasteiger partial charge in [-0.2, -0.15) is 0 Å². The van der Waals surface area contributed by atoms with Gasteiger partial charge in [0.25, 0.3) is 0 Å². The van der Waals surface area contributed by atoms with Crippen LogP contribution in [0.4, 0.5) is 0 Å². The van der Waals surface area contributed by atoms with E-state index in [0.29, 0.717) is 0 Å². The molecule has 0 aliphatic heterocycles. The molecule has 252 valence electrons. The fourth-order valence-electron chi connectivity index (χ4n) is 16.2. The maximum Gasteiger partial charge on any atom is -0.0258 e. The van der Waals surface area contributed by atoms with Gasteiger partial charge in [0.05, 0.1) is 0 Å². The lowest BCUT2D eigenvalue weighted by atomic mass is 9.60. The Hall–Kier alpha value is 0. The summed E-state index contributed by atoms with van der Waals surface area (Å²) in [4.78, 5) is 0. The van der Waals surface area contributed by atoms with Crippen LogP contribution in [0.1, 0.15) is 183 Å². The van der Waals surface area contributed by atoms with Crippen molar-refractivity contribution in [1.29, 1.82) is 0 Å². The van der Waals surface area contributed by atoms with Crippen LogP contribution < -0.4 is 0 Å². The highest BCUT2D eigenvalue weighted by molar-refractivity contribution is 5.18. The first-order valence-corrected chi connectivity index (χ1v) is 21.3. The minimum Gasteiger partial charge on any atom is -0.0683 e. The molecule has 0 radical (unpaired) electrons. The van der Waals surface area contributed by atoms with Crippen molar-refractivity contribution in [3.05, 3.63) is 0 Å². The quantitative estimate of drug-likeness (QED) is 0.271. The van der Waals surface area contributed by atoms with Gasteiger partial charge in [0.1, 0.15) is 0 Å². The molecule has 8 aliphatic carbocycles. The SMILES string of the molecule is CC.CCCC(C1CCC(C2CCC3CCCCC32)CC1)C1CCC(CC2CCC3C4CC5(C)CC4C(C)(C5)C3C2)C(C)C1. The average Bonchev–Trinajstić information content (AvgIpc) is 3.73. The molecule has 0 nitrogen and oxygen atoms in total. The predicted molar refractivity (Wildman–Crippen MR) is 189 cm³/mol. The van der Waals surface area contributed by atoms with E-state index in [1.54, 1.807) is 128 Å². The summed E-state index contributed by atoms with van der Waals surface area (Å²) in [7, 11) is 0. The average molecular weight is 605 g/mol. The highest BCUT2D eigenvalue weighted by Gasteiger charge is 2.69. The summed E-state index contributed by atoms with van der Waals surface area (Å²) in [6.07, 6.45) is 34.8. The van der Waals surface area contributed by atoms with E-state index in [-0.39, 0.29) is 0 Å². The highest BCUT2D eigenvalue weighted by atomic mass is 14.7. The fraction of sp³-hybridized carbons (Fsp3) is 1.00. The molecule has 0 aromatic heterocycles. The van der Waals surface area contributed by atoms with Gasteiger partial charge >= 0.3 is 0 Å². The van der Waals surface area contributed by atoms with E-state index >= 15 is 0 Å². The predicted octanol–water partition coefficient (Wildman–Crippen LogP) is 13.4. The van der Waals surface area contributed by atoms with Gasteiger partial charge in [-0.1, -0.05) is 80.1 Å². The Labute approximate surface area is 275 Å². The molecule has 0 aromatic rings. The van der Waals surface area contributed by atoms with E-state index in [1.807, 2.05) is 13.8 Å². The van der Waals surface area contributed by atoms with Crippen molar-refractivity contribution in [3.63, 3.8) is 0 Å². The Morgan fingerprint density at radius 3 is 2.07 bits per heavy atom. The molecule has 0 spiro atoms. The molecule has 0 saturated heterocycles. The summed E-state index contributed by atoms with van der Waals surface area (Å²) in [5, 5.41) is 0. The van der Waals surface area contributed by atoms with Crippen LogP contribution in [0.5, 0.6) is 0 Å². The molecule has 8 saturated carbocycles. The minimum atomic E-state index is 0.729. The number of hydrogen-bond donors (Lipinski definition) is 0. The maximum atomic E-state index is 2.78. The Bertz CT molecular complexity index is 942. The monoisotopic (exact) mass is 605 g/mol. The zero-order valence-corrected chi connectivity index (χ0v) is 30.6. The van der Waals surface area contributed by atoms with Crippen LogP contribution in [0.2, 0.25) is 0 Å². The Kier molecular flexibility index (Phi) is 9.71. The summed E-state index contributed by atoms with van der Waals surface area (Å²) in [5.74, 6) is 15.3. The van der Waals surface area contributed by atoms with E-state index in [4.69, 9.17) is 0 Å². The van der Waals surface area contributed by atoms with Gasteiger partial charge in [-0.25, -0.2) is 0 Å². The molecule has 0 heteroatoms. The second-order valence-corrected chi connectivity index (χ2v) is 19.7. The molecule has 44 heavy (non-hydrogen) atoms. The Morgan fingerprint density at radius 2 is 1.32 bits per heavy atom. The van der Waals surface area contributed by atoms with Gasteiger partial charge in [-0.3, -0.25) is 0 Å². The number of fused-ring (bicyclic) bond motifs is 5. The summed E-state index contributed by atoms with van der Waals surface area (Å²) in [5.41, 5.74) is 1.46. The molecule has 0 amide bonds. The zero-order chi connectivity index (χ0) is 30.6. The Balaban J connectivity index is 0.00000153. The van der Waals surface area contributed by atoms with Crippen molar-refractivity contribution < 1.29 is 0 Å². The molecule has 8 rings (SSSR count). The lowest BCUT2D eigenvalue weighted by Gasteiger charge is -2.46.